The Balaban J connectivity index is 1.45. The van der Waals surface area contributed by atoms with Gasteiger partial charge in [-0.25, -0.2) is 24.3 Å². The third kappa shape index (κ3) is 4.19. The van der Waals surface area contributed by atoms with Gasteiger partial charge in [-0.05, 0) is 43.2 Å². The van der Waals surface area contributed by atoms with Crippen LogP contribution < -0.4 is 5.73 Å². The highest BCUT2D eigenvalue weighted by Crippen LogP contribution is 2.35. The predicted octanol–water partition coefficient (Wildman–Crippen LogP) is 4.02. The Bertz CT molecular complexity index is 1150. The minimum absolute atomic E-state index is 0.216. The summed E-state index contributed by atoms with van der Waals surface area (Å²) in [5, 5.41) is 3.17. The van der Waals surface area contributed by atoms with E-state index < -0.39 is 0 Å². The predicted molar refractivity (Wildman–Crippen MR) is 119 cm³/mol. The van der Waals surface area contributed by atoms with Crippen LogP contribution in [-0.2, 0) is 6.54 Å². The standard InChI is InChI=1S/C22H22FN7S/c23-16-3-1-15(2-4-16)20-21(18-5-8-26-22(24)28-18)30(14-27-20)17-6-10-29(11-7-17)13-19-25-9-12-31-19/h1-5,8-9,12,14,17H,6-7,10-11,13H2,(H2,24,26,28). The summed E-state index contributed by atoms with van der Waals surface area (Å²) in [4.78, 5) is 20.0. The van der Waals surface area contributed by atoms with E-state index in [1.165, 1.54) is 12.1 Å². The molecule has 0 amide bonds. The Hall–Kier alpha value is -3.17. The molecular formula is C22H22FN7S. The van der Waals surface area contributed by atoms with E-state index in [9.17, 15) is 4.39 Å². The van der Waals surface area contributed by atoms with Crippen molar-refractivity contribution < 1.29 is 4.39 Å². The number of halogens is 1. The molecule has 0 aliphatic carbocycles. The van der Waals surface area contributed by atoms with Crippen molar-refractivity contribution in [2.75, 3.05) is 18.8 Å². The number of nitrogens with two attached hydrogens (primary N) is 1. The third-order valence-electron chi connectivity index (χ3n) is 5.62. The van der Waals surface area contributed by atoms with Gasteiger partial charge in [-0.15, -0.1) is 11.3 Å². The van der Waals surface area contributed by atoms with Crippen LogP contribution in [0.1, 0.15) is 23.9 Å². The summed E-state index contributed by atoms with van der Waals surface area (Å²) < 4.78 is 15.7. The van der Waals surface area contributed by atoms with E-state index in [-0.39, 0.29) is 11.8 Å². The minimum atomic E-state index is -0.274. The lowest BCUT2D eigenvalue weighted by molar-refractivity contribution is 0.180. The van der Waals surface area contributed by atoms with Crippen LogP contribution in [-0.4, -0.2) is 42.5 Å². The molecule has 1 fully saturated rings. The van der Waals surface area contributed by atoms with E-state index in [4.69, 9.17) is 10.7 Å². The molecule has 2 N–H and O–H groups in total. The van der Waals surface area contributed by atoms with Crippen LogP contribution in [0.25, 0.3) is 22.6 Å². The van der Waals surface area contributed by atoms with Crippen molar-refractivity contribution in [3.63, 3.8) is 0 Å². The molecule has 4 aromatic rings. The summed E-state index contributed by atoms with van der Waals surface area (Å²) in [5.41, 5.74) is 9.08. The molecule has 4 heterocycles. The molecule has 7 nitrogen and oxygen atoms in total. The number of thiazole rings is 1. The number of anilines is 1. The molecule has 0 unspecified atom stereocenters. The van der Waals surface area contributed by atoms with Gasteiger partial charge in [0.1, 0.15) is 10.8 Å². The monoisotopic (exact) mass is 435 g/mol. The first-order chi connectivity index (χ1) is 15.2. The van der Waals surface area contributed by atoms with Gasteiger partial charge in [0.15, 0.2) is 0 Å². The molecule has 1 aliphatic heterocycles. The molecule has 9 heteroatoms. The first kappa shape index (κ1) is 19.8. The SMILES string of the molecule is Nc1nccc(-c2c(-c3ccc(F)cc3)ncn2C2CCN(Cc3nccs3)CC2)n1. The number of benzene rings is 1. The zero-order valence-corrected chi connectivity index (χ0v) is 17.7. The summed E-state index contributed by atoms with van der Waals surface area (Å²) in [5.74, 6) is -0.0582. The number of aromatic nitrogens is 5. The second kappa shape index (κ2) is 8.52. The van der Waals surface area contributed by atoms with E-state index in [0.29, 0.717) is 6.04 Å². The summed E-state index contributed by atoms with van der Waals surface area (Å²) in [6.07, 6.45) is 7.37. The molecule has 0 spiro atoms. The number of rotatable bonds is 5. The van der Waals surface area contributed by atoms with Crippen molar-refractivity contribution in [2.24, 2.45) is 0 Å². The van der Waals surface area contributed by atoms with Crippen LogP contribution in [0.15, 0.2) is 54.4 Å². The number of likely N-dealkylation sites (tertiary alicyclic amines) is 1. The quantitative estimate of drug-likeness (QED) is 0.510. The Morgan fingerprint density at radius 3 is 2.55 bits per heavy atom. The van der Waals surface area contributed by atoms with Crippen LogP contribution in [0.4, 0.5) is 10.3 Å². The summed E-state index contributed by atoms with van der Waals surface area (Å²) in [7, 11) is 0. The molecule has 1 aromatic carbocycles. The molecule has 31 heavy (non-hydrogen) atoms. The Morgan fingerprint density at radius 1 is 1.03 bits per heavy atom. The molecule has 0 atom stereocenters. The Labute approximate surface area is 183 Å². The van der Waals surface area contributed by atoms with Crippen molar-refractivity contribution >= 4 is 17.3 Å². The van der Waals surface area contributed by atoms with Crippen LogP contribution in [0.3, 0.4) is 0 Å². The highest BCUT2D eigenvalue weighted by molar-refractivity contribution is 7.09. The van der Waals surface area contributed by atoms with Crippen LogP contribution in [0.2, 0.25) is 0 Å². The number of nitrogens with zero attached hydrogens (tertiary/aromatic N) is 6. The molecule has 3 aromatic heterocycles. The first-order valence-electron chi connectivity index (χ1n) is 10.2. The van der Waals surface area contributed by atoms with Gasteiger partial charge in [0, 0.05) is 42.5 Å². The molecule has 0 saturated carbocycles. The topological polar surface area (TPSA) is 85.8 Å². The average molecular weight is 436 g/mol. The zero-order chi connectivity index (χ0) is 21.2. The van der Waals surface area contributed by atoms with E-state index in [1.807, 2.05) is 24.0 Å². The fourth-order valence-corrected chi connectivity index (χ4v) is 4.75. The van der Waals surface area contributed by atoms with Crippen LogP contribution >= 0.6 is 11.3 Å². The van der Waals surface area contributed by atoms with Gasteiger partial charge >= 0.3 is 0 Å². The Morgan fingerprint density at radius 2 is 1.84 bits per heavy atom. The fraction of sp³-hybridized carbons (Fsp3) is 0.273. The van der Waals surface area contributed by atoms with Gasteiger partial charge in [-0.3, -0.25) is 4.90 Å². The summed E-state index contributed by atoms with van der Waals surface area (Å²) in [6, 6.07) is 8.52. The van der Waals surface area contributed by atoms with Gasteiger partial charge < -0.3 is 10.3 Å². The number of hydrogen-bond acceptors (Lipinski definition) is 7. The maximum atomic E-state index is 13.5. The maximum Gasteiger partial charge on any atom is 0.220 e. The second-order valence-electron chi connectivity index (χ2n) is 7.59. The third-order valence-corrected chi connectivity index (χ3v) is 6.39. The number of imidazole rings is 1. The summed E-state index contributed by atoms with van der Waals surface area (Å²) in [6.45, 7) is 2.86. The number of hydrogen-bond donors (Lipinski definition) is 1. The largest absolute Gasteiger partial charge is 0.368 e. The van der Waals surface area contributed by atoms with E-state index in [1.54, 1.807) is 29.7 Å². The zero-order valence-electron chi connectivity index (χ0n) is 16.9. The molecular weight excluding hydrogens is 413 g/mol. The Kier molecular flexibility index (Phi) is 5.44. The van der Waals surface area contributed by atoms with Gasteiger partial charge in [-0.1, -0.05) is 0 Å². The first-order valence-corrected chi connectivity index (χ1v) is 11.1. The number of piperidine rings is 1. The van der Waals surface area contributed by atoms with Crippen molar-refractivity contribution in [2.45, 2.75) is 25.4 Å². The fourth-order valence-electron chi connectivity index (χ4n) is 4.09. The molecule has 0 bridgehead atoms. The minimum Gasteiger partial charge on any atom is -0.368 e. The van der Waals surface area contributed by atoms with E-state index >= 15 is 0 Å². The highest BCUT2D eigenvalue weighted by atomic mass is 32.1. The average Bonchev–Trinajstić information content (AvgIpc) is 3.45. The molecule has 0 radical (unpaired) electrons. The van der Waals surface area contributed by atoms with Gasteiger partial charge in [0.2, 0.25) is 5.95 Å². The van der Waals surface area contributed by atoms with Crippen molar-refractivity contribution in [3.05, 3.63) is 65.3 Å². The number of nitrogen functional groups attached to an aromatic ring is 1. The van der Waals surface area contributed by atoms with Gasteiger partial charge in [0.05, 0.1) is 30.0 Å². The molecule has 5 rings (SSSR count). The lowest BCUT2D eigenvalue weighted by atomic mass is 10.0. The van der Waals surface area contributed by atoms with Crippen molar-refractivity contribution in [1.82, 2.24) is 29.4 Å². The molecule has 1 saturated heterocycles. The lowest BCUT2D eigenvalue weighted by Crippen LogP contribution is -2.34. The smallest absolute Gasteiger partial charge is 0.220 e. The van der Waals surface area contributed by atoms with E-state index in [0.717, 1.165) is 60.1 Å². The van der Waals surface area contributed by atoms with Gasteiger partial charge in [0.25, 0.3) is 0 Å². The summed E-state index contributed by atoms with van der Waals surface area (Å²) >= 11 is 1.70. The highest BCUT2D eigenvalue weighted by Gasteiger charge is 2.26. The molecule has 158 valence electrons. The second-order valence-corrected chi connectivity index (χ2v) is 8.57. The van der Waals surface area contributed by atoms with Crippen molar-refractivity contribution in [1.29, 1.82) is 0 Å². The molecule has 1 aliphatic rings. The van der Waals surface area contributed by atoms with Crippen LogP contribution in [0, 0.1) is 5.82 Å². The van der Waals surface area contributed by atoms with E-state index in [2.05, 4.69) is 24.4 Å². The van der Waals surface area contributed by atoms with Crippen LogP contribution in [0.5, 0.6) is 0 Å². The maximum absolute atomic E-state index is 13.5. The van der Waals surface area contributed by atoms with Gasteiger partial charge in [-0.2, -0.15) is 0 Å². The normalized spacial score (nSPS) is 15.4. The van der Waals surface area contributed by atoms with Crippen molar-refractivity contribution in [3.8, 4) is 22.6 Å². The lowest BCUT2D eigenvalue weighted by Gasteiger charge is -2.32.